The van der Waals surface area contributed by atoms with Crippen molar-refractivity contribution < 1.29 is 13.2 Å². The third-order valence-electron chi connectivity index (χ3n) is 2.60. The fourth-order valence-corrected chi connectivity index (χ4v) is 1.39. The average molecular weight is 274 g/mol. The highest BCUT2D eigenvalue weighted by atomic mass is 19.4. The molecule has 0 aliphatic rings. The van der Waals surface area contributed by atoms with Gasteiger partial charge in [-0.05, 0) is 32.9 Å². The summed E-state index contributed by atoms with van der Waals surface area (Å²) in [4.78, 5) is 4.21. The molecule has 0 spiro atoms. The highest BCUT2D eigenvalue weighted by molar-refractivity contribution is 5.87. The molecule has 106 valence electrons. The first kappa shape index (κ1) is 15.3. The summed E-state index contributed by atoms with van der Waals surface area (Å²) in [5.74, 6) is 0. The Morgan fingerprint density at radius 2 is 2.05 bits per heavy atom. The van der Waals surface area contributed by atoms with Crippen LogP contribution in [0, 0.1) is 6.92 Å². The van der Waals surface area contributed by atoms with Crippen LogP contribution < -0.4 is 5.73 Å². The second kappa shape index (κ2) is 5.90. The summed E-state index contributed by atoms with van der Waals surface area (Å²) < 4.78 is 37.2. The third kappa shape index (κ3) is 4.42. The van der Waals surface area contributed by atoms with Gasteiger partial charge < -0.3 is 5.73 Å². The van der Waals surface area contributed by atoms with Crippen molar-refractivity contribution in [3.63, 3.8) is 0 Å². The molecule has 0 aliphatic heterocycles. The Bertz CT molecular complexity index is 469. The summed E-state index contributed by atoms with van der Waals surface area (Å²) in [6.07, 6.45) is -4.40. The number of aromatic nitrogens is 1. The van der Waals surface area contributed by atoms with E-state index in [-0.39, 0.29) is 6.54 Å². The van der Waals surface area contributed by atoms with Crippen LogP contribution in [0.1, 0.15) is 25.2 Å². The van der Waals surface area contributed by atoms with Gasteiger partial charge in [0.25, 0.3) is 0 Å². The lowest BCUT2D eigenvalue weighted by atomic mass is 10.2. The lowest BCUT2D eigenvalue weighted by Gasteiger charge is -2.19. The molecule has 1 aromatic heterocycles. The maximum Gasteiger partial charge on any atom is 0.430 e. The van der Waals surface area contributed by atoms with Gasteiger partial charge in [-0.3, -0.25) is 9.99 Å². The second-order valence-electron chi connectivity index (χ2n) is 4.14. The molecule has 0 atom stereocenters. The third-order valence-corrected chi connectivity index (χ3v) is 2.60. The fraction of sp³-hybridized carbons (Fsp3) is 0.500. The van der Waals surface area contributed by atoms with Gasteiger partial charge in [0.15, 0.2) is 0 Å². The summed E-state index contributed by atoms with van der Waals surface area (Å²) in [5, 5.41) is 4.89. The molecular formula is C12H17F3N4. The van der Waals surface area contributed by atoms with Crippen LogP contribution in [0.2, 0.25) is 0 Å². The maximum atomic E-state index is 12.4. The zero-order valence-corrected chi connectivity index (χ0v) is 11.1. The van der Waals surface area contributed by atoms with E-state index in [0.717, 1.165) is 6.92 Å². The molecule has 1 rings (SSSR count). The zero-order chi connectivity index (χ0) is 14.6. The van der Waals surface area contributed by atoms with E-state index >= 15 is 0 Å². The maximum absolute atomic E-state index is 12.4. The Morgan fingerprint density at radius 3 is 2.53 bits per heavy atom. The van der Waals surface area contributed by atoms with E-state index in [1.54, 1.807) is 26.0 Å². The SMILES string of the molecule is CCN(Cc1ccc(N)c(C)n1)/N=C(\C)C(F)(F)F. The highest BCUT2D eigenvalue weighted by Crippen LogP contribution is 2.18. The predicted molar refractivity (Wildman–Crippen MR) is 68.6 cm³/mol. The molecule has 0 bridgehead atoms. The standard InChI is InChI=1S/C12H17F3N4/c1-4-19(18-9(3)12(13,14)15)7-10-5-6-11(16)8(2)17-10/h5-6H,4,7,16H2,1-3H3/b18-9+. The van der Waals surface area contributed by atoms with E-state index in [1.807, 2.05) is 0 Å². The van der Waals surface area contributed by atoms with Crippen molar-refractivity contribution in [1.29, 1.82) is 0 Å². The minimum atomic E-state index is -4.40. The number of nitrogen functional groups attached to an aromatic ring is 1. The van der Waals surface area contributed by atoms with Gasteiger partial charge in [0, 0.05) is 6.54 Å². The fourth-order valence-electron chi connectivity index (χ4n) is 1.39. The summed E-state index contributed by atoms with van der Waals surface area (Å²) in [6, 6.07) is 3.37. The molecule has 1 aromatic rings. The Kier molecular flexibility index (Phi) is 4.74. The number of rotatable bonds is 4. The van der Waals surface area contributed by atoms with Gasteiger partial charge >= 0.3 is 6.18 Å². The van der Waals surface area contributed by atoms with Crippen molar-refractivity contribution in [2.75, 3.05) is 12.3 Å². The van der Waals surface area contributed by atoms with Gasteiger partial charge in [0.2, 0.25) is 0 Å². The first-order chi connectivity index (χ1) is 8.74. The van der Waals surface area contributed by atoms with Gasteiger partial charge in [-0.25, -0.2) is 0 Å². The number of hydrogen-bond donors (Lipinski definition) is 1. The summed E-state index contributed by atoms with van der Waals surface area (Å²) in [5.41, 5.74) is 6.61. The van der Waals surface area contributed by atoms with Gasteiger partial charge in [-0.2, -0.15) is 18.3 Å². The van der Waals surface area contributed by atoms with Crippen molar-refractivity contribution in [2.24, 2.45) is 5.10 Å². The van der Waals surface area contributed by atoms with Crippen LogP contribution in [0.5, 0.6) is 0 Å². The Hall–Kier alpha value is -1.79. The Balaban J connectivity index is 2.85. The Labute approximate surface area is 110 Å². The molecule has 0 aromatic carbocycles. The Morgan fingerprint density at radius 1 is 1.42 bits per heavy atom. The van der Waals surface area contributed by atoms with E-state index in [9.17, 15) is 13.2 Å². The monoisotopic (exact) mass is 274 g/mol. The molecule has 0 unspecified atom stereocenters. The topological polar surface area (TPSA) is 54.5 Å². The number of halogens is 3. The summed E-state index contributed by atoms with van der Waals surface area (Å²) in [7, 11) is 0. The molecule has 7 heteroatoms. The van der Waals surface area contributed by atoms with Crippen LogP contribution >= 0.6 is 0 Å². The van der Waals surface area contributed by atoms with Crippen LogP contribution in [0.4, 0.5) is 18.9 Å². The highest BCUT2D eigenvalue weighted by Gasteiger charge is 2.32. The number of alkyl halides is 3. The smallest absolute Gasteiger partial charge is 0.397 e. The quantitative estimate of drug-likeness (QED) is 0.678. The number of hydrogen-bond acceptors (Lipinski definition) is 4. The van der Waals surface area contributed by atoms with Crippen molar-refractivity contribution in [3.8, 4) is 0 Å². The lowest BCUT2D eigenvalue weighted by molar-refractivity contribution is -0.0607. The molecule has 0 aliphatic carbocycles. The molecular weight excluding hydrogens is 257 g/mol. The number of nitrogens with two attached hydrogens (primary N) is 1. The van der Waals surface area contributed by atoms with Crippen molar-refractivity contribution in [3.05, 3.63) is 23.5 Å². The predicted octanol–water partition coefficient (Wildman–Crippen LogP) is 2.73. The molecule has 4 nitrogen and oxygen atoms in total. The first-order valence-corrected chi connectivity index (χ1v) is 5.83. The van der Waals surface area contributed by atoms with Crippen molar-refractivity contribution >= 4 is 11.4 Å². The van der Waals surface area contributed by atoms with Crippen LogP contribution in [0.15, 0.2) is 17.2 Å². The average Bonchev–Trinajstić information content (AvgIpc) is 2.31. The van der Waals surface area contributed by atoms with E-state index in [1.165, 1.54) is 5.01 Å². The van der Waals surface area contributed by atoms with Crippen molar-refractivity contribution in [1.82, 2.24) is 9.99 Å². The number of aryl methyl sites for hydroxylation is 1. The second-order valence-corrected chi connectivity index (χ2v) is 4.14. The number of hydrazone groups is 1. The minimum Gasteiger partial charge on any atom is -0.397 e. The number of nitrogens with zero attached hydrogens (tertiary/aromatic N) is 3. The normalized spacial score (nSPS) is 12.6. The summed E-state index contributed by atoms with van der Waals surface area (Å²) >= 11 is 0. The molecule has 0 saturated carbocycles. The minimum absolute atomic E-state index is 0.213. The lowest BCUT2D eigenvalue weighted by Crippen LogP contribution is -2.26. The van der Waals surface area contributed by atoms with Gasteiger partial charge in [-0.1, -0.05) is 0 Å². The van der Waals surface area contributed by atoms with Crippen LogP contribution in [0.25, 0.3) is 0 Å². The van der Waals surface area contributed by atoms with Crippen molar-refractivity contribution in [2.45, 2.75) is 33.5 Å². The van der Waals surface area contributed by atoms with E-state index < -0.39 is 11.9 Å². The molecule has 0 amide bonds. The molecule has 1 heterocycles. The summed E-state index contributed by atoms with van der Waals surface area (Å²) in [6.45, 7) is 5.00. The van der Waals surface area contributed by atoms with Gasteiger partial charge in [0.1, 0.15) is 5.71 Å². The molecule has 0 radical (unpaired) electrons. The number of pyridine rings is 1. The van der Waals surface area contributed by atoms with Crippen LogP contribution in [-0.2, 0) is 6.54 Å². The molecule has 19 heavy (non-hydrogen) atoms. The molecule has 0 fully saturated rings. The first-order valence-electron chi connectivity index (χ1n) is 5.83. The molecule has 0 saturated heterocycles. The van der Waals surface area contributed by atoms with E-state index in [0.29, 0.717) is 23.6 Å². The zero-order valence-electron chi connectivity index (χ0n) is 11.1. The van der Waals surface area contributed by atoms with E-state index in [4.69, 9.17) is 5.73 Å². The van der Waals surface area contributed by atoms with Gasteiger partial charge in [0.05, 0.1) is 23.6 Å². The van der Waals surface area contributed by atoms with E-state index in [2.05, 4.69) is 10.1 Å². The van der Waals surface area contributed by atoms with Gasteiger partial charge in [-0.15, -0.1) is 0 Å². The largest absolute Gasteiger partial charge is 0.430 e. The molecule has 2 N–H and O–H groups in total. The number of anilines is 1. The van der Waals surface area contributed by atoms with Crippen LogP contribution in [0.3, 0.4) is 0 Å². The van der Waals surface area contributed by atoms with Crippen LogP contribution in [-0.4, -0.2) is 28.4 Å².